The fourth-order valence-corrected chi connectivity index (χ4v) is 22.4. The summed E-state index contributed by atoms with van der Waals surface area (Å²) in [6.07, 6.45) is 4.96. The number of hydrogen-bond acceptors (Lipinski definition) is 22. The third-order valence-corrected chi connectivity index (χ3v) is 29.1. The van der Waals surface area contributed by atoms with Crippen molar-refractivity contribution in [2.24, 2.45) is 0 Å². The van der Waals surface area contributed by atoms with Crippen LogP contribution in [0.1, 0.15) is 128 Å². The molecule has 26 heteroatoms. The number of rotatable bonds is 28. The van der Waals surface area contributed by atoms with E-state index in [1.807, 2.05) is 55.5 Å². The van der Waals surface area contributed by atoms with E-state index in [9.17, 15) is 67.4 Å². The van der Waals surface area contributed by atoms with E-state index < -0.39 is 17.5 Å². The van der Waals surface area contributed by atoms with E-state index in [1.54, 1.807) is 153 Å². The van der Waals surface area contributed by atoms with E-state index in [2.05, 4.69) is 47.3 Å². The predicted molar refractivity (Wildman–Crippen MR) is 532 cm³/mol. The summed E-state index contributed by atoms with van der Waals surface area (Å²) in [5, 5.41) is 62.3. The molecule has 696 valence electrons. The molecule has 136 heavy (non-hydrogen) atoms. The van der Waals surface area contributed by atoms with Crippen LogP contribution in [0, 0.1) is 37.1 Å². The molecule has 12 aromatic carbocycles. The number of ether oxygens (including phenoxy) is 4. The average molecular weight is 1910 g/mol. The molecule has 0 amide bonds. The van der Waals surface area contributed by atoms with Crippen LogP contribution in [-0.4, -0.2) is 176 Å². The zero-order valence-corrected chi connectivity index (χ0v) is 78.9. The monoisotopic (exact) mass is 1900 g/mol. The number of carbonyl (C=O) groups excluding carboxylic acids is 4. The van der Waals surface area contributed by atoms with Crippen LogP contribution < -0.4 is 18.9 Å². The van der Waals surface area contributed by atoms with Gasteiger partial charge in [0.05, 0.1) is 0 Å². The number of benzene rings is 12. The van der Waals surface area contributed by atoms with Crippen molar-refractivity contribution in [3.05, 3.63) is 322 Å². The first-order valence-corrected chi connectivity index (χ1v) is 48.6. The van der Waals surface area contributed by atoms with E-state index in [4.69, 9.17) is 18.9 Å². The number of nitrogens with zero attached hydrogens (tertiary/aromatic N) is 4. The van der Waals surface area contributed by atoms with Crippen molar-refractivity contribution in [3.8, 4) is 99.3 Å². The van der Waals surface area contributed by atoms with E-state index in [1.165, 1.54) is 87.8 Å². The molecule has 0 saturated carbocycles. The highest BCUT2D eigenvalue weighted by molar-refractivity contribution is 7.24. The highest BCUT2D eigenvalue weighted by Gasteiger charge is 2.34. The van der Waals surface area contributed by atoms with Gasteiger partial charge in [-0.25, -0.2) is 17.6 Å². The highest BCUT2D eigenvalue weighted by Crippen LogP contribution is 2.48. The van der Waals surface area contributed by atoms with Crippen LogP contribution in [0.15, 0.2) is 243 Å². The number of carbonyl (C=O) groups is 4. The van der Waals surface area contributed by atoms with Crippen LogP contribution in [0.2, 0.25) is 0 Å². The number of ketones is 4. The lowest BCUT2D eigenvalue weighted by atomic mass is 9.97. The summed E-state index contributed by atoms with van der Waals surface area (Å²) in [5.41, 5.74) is 7.70. The number of hydrogen-bond donors (Lipinski definition) is 6. The molecule has 16 aromatic rings. The maximum absolute atomic E-state index is 14.9. The summed E-state index contributed by atoms with van der Waals surface area (Å²) in [7, 11) is 0. The number of thiophene rings is 4. The van der Waals surface area contributed by atoms with Gasteiger partial charge in [0, 0.05) is 163 Å². The topological polar surface area (TPSA) is 240 Å². The molecule has 0 unspecified atom stereocenters. The van der Waals surface area contributed by atoms with Crippen molar-refractivity contribution >= 4 is 109 Å². The Morgan fingerprint density at radius 3 is 0.941 bits per heavy atom. The first kappa shape index (κ1) is 94.5. The second-order valence-electron chi connectivity index (χ2n) is 34.6. The van der Waals surface area contributed by atoms with Gasteiger partial charge in [-0.2, -0.15) is 0 Å². The SMILES string of the molecule is CCCN1CC(Oc2ccc(C(=O)c3c(-c4cc(F)cc(F)c4)sc4cc(O)ccc34)cc2)C1.CCCN1CC(Oc2ccc(C(=O)c3c(-c4ccc(F)c(C)c4)sc4cc(O)ccc34)cc2)C1.CCCN1CC(Oc2ccc(C(=O)c3c(-c4ccc(O)c(C)c4)sc4cc(O)ccc34)cc2)C1.CCCN1CC(Oc2ccc(C(=O)c3c(-c4ccc(O)cc4)sc4cc(O)ccc34)cc2F)C1. The molecule has 0 aliphatic carbocycles. The van der Waals surface area contributed by atoms with Gasteiger partial charge in [-0.05, 0) is 330 Å². The van der Waals surface area contributed by atoms with Gasteiger partial charge in [0.2, 0.25) is 0 Å². The summed E-state index contributed by atoms with van der Waals surface area (Å²) in [4.78, 5) is 66.7. The number of phenolic OH excluding ortho intramolecular Hbond substituents is 6. The highest BCUT2D eigenvalue weighted by atomic mass is 32.1. The largest absolute Gasteiger partial charge is 0.508 e. The van der Waals surface area contributed by atoms with Crippen molar-refractivity contribution in [2.75, 3.05) is 78.5 Å². The van der Waals surface area contributed by atoms with Crippen LogP contribution in [-0.2, 0) is 0 Å². The van der Waals surface area contributed by atoms with Crippen molar-refractivity contribution < 1.29 is 86.3 Å². The zero-order valence-electron chi connectivity index (χ0n) is 75.6. The van der Waals surface area contributed by atoms with Gasteiger partial charge in [-0.15, -0.1) is 45.3 Å². The van der Waals surface area contributed by atoms with Gasteiger partial charge in [0.1, 0.15) is 93.6 Å². The van der Waals surface area contributed by atoms with Crippen LogP contribution in [0.25, 0.3) is 82.1 Å². The second kappa shape index (κ2) is 41.5. The van der Waals surface area contributed by atoms with Crippen molar-refractivity contribution in [1.82, 2.24) is 19.6 Å². The molecule has 4 aliphatic heterocycles. The lowest BCUT2D eigenvalue weighted by Gasteiger charge is -2.38. The second-order valence-corrected chi connectivity index (χ2v) is 38.9. The van der Waals surface area contributed by atoms with Crippen molar-refractivity contribution in [2.45, 2.75) is 91.6 Å². The summed E-state index contributed by atoms with van der Waals surface area (Å²) < 4.78 is 83.7. The molecular weight excluding hydrogens is 1810 g/mol. The van der Waals surface area contributed by atoms with Gasteiger partial charge in [-0.3, -0.25) is 38.8 Å². The van der Waals surface area contributed by atoms with Crippen LogP contribution in [0.5, 0.6) is 57.5 Å². The lowest BCUT2D eigenvalue weighted by Crippen LogP contribution is -2.53. The molecular formula is C110H100F4N4O14S4. The maximum atomic E-state index is 14.9. The first-order valence-electron chi connectivity index (χ1n) is 45.4. The lowest BCUT2D eigenvalue weighted by molar-refractivity contribution is 0.0179. The Kier molecular flexibility index (Phi) is 28.8. The number of halogens is 4. The van der Waals surface area contributed by atoms with Gasteiger partial charge in [0.25, 0.3) is 0 Å². The predicted octanol–water partition coefficient (Wildman–Crippen LogP) is 24.5. The quantitative estimate of drug-likeness (QED) is 0.0197. The smallest absolute Gasteiger partial charge is 0.195 e. The molecule has 4 saturated heterocycles. The fourth-order valence-electron chi connectivity index (χ4n) is 17.4. The molecule has 0 spiro atoms. The molecule has 4 fully saturated rings. The van der Waals surface area contributed by atoms with E-state index >= 15 is 0 Å². The van der Waals surface area contributed by atoms with E-state index in [-0.39, 0.29) is 105 Å². The Hall–Kier alpha value is -13.3. The number of phenols is 6. The minimum Gasteiger partial charge on any atom is -0.508 e. The molecule has 20 rings (SSSR count). The van der Waals surface area contributed by atoms with Crippen LogP contribution >= 0.6 is 45.3 Å². The molecule has 4 aromatic heterocycles. The van der Waals surface area contributed by atoms with Crippen molar-refractivity contribution in [1.29, 1.82) is 0 Å². The summed E-state index contributed by atoms with van der Waals surface area (Å²) in [6, 6.07) is 65.6. The molecule has 4 aliphatic rings. The third kappa shape index (κ3) is 21.2. The molecule has 8 heterocycles. The summed E-state index contributed by atoms with van der Waals surface area (Å²) >= 11 is 5.46. The van der Waals surface area contributed by atoms with E-state index in [0.29, 0.717) is 75.5 Å². The fraction of sp³-hybridized carbons (Fsp3) is 0.236. The Morgan fingerprint density at radius 1 is 0.301 bits per heavy atom. The molecule has 18 nitrogen and oxygen atoms in total. The number of aryl methyl sites for hydroxylation is 2. The first-order chi connectivity index (χ1) is 65.7. The van der Waals surface area contributed by atoms with Gasteiger partial charge >= 0.3 is 0 Å². The minimum atomic E-state index is -0.719. The maximum Gasteiger partial charge on any atom is 0.195 e. The molecule has 0 radical (unpaired) electrons. The Morgan fingerprint density at radius 2 is 0.603 bits per heavy atom. The number of fused-ring (bicyclic) bond motifs is 4. The van der Waals surface area contributed by atoms with Gasteiger partial charge in [-0.1, -0.05) is 33.8 Å². The Labute approximate surface area is 800 Å². The van der Waals surface area contributed by atoms with Gasteiger partial charge in [0.15, 0.2) is 34.7 Å². The van der Waals surface area contributed by atoms with Crippen LogP contribution in [0.3, 0.4) is 0 Å². The molecule has 0 bridgehead atoms. The minimum absolute atomic E-state index is 0.0443. The third-order valence-electron chi connectivity index (χ3n) is 24.3. The van der Waals surface area contributed by atoms with E-state index in [0.717, 1.165) is 179 Å². The van der Waals surface area contributed by atoms with Crippen molar-refractivity contribution in [3.63, 3.8) is 0 Å². The molecule has 0 atom stereocenters. The van der Waals surface area contributed by atoms with Gasteiger partial charge < -0.3 is 49.6 Å². The number of likely N-dealkylation sites (tertiary alicyclic amines) is 4. The summed E-state index contributed by atoms with van der Waals surface area (Å²) in [5.74, 6) is 0.121. The number of aromatic hydroxyl groups is 6. The molecule has 6 N–H and O–H groups in total. The Bertz CT molecular complexity index is 6890. The zero-order chi connectivity index (χ0) is 95.3. The normalized spacial score (nSPS) is 14.3. The Balaban J connectivity index is 0.000000126. The average Bonchev–Trinajstić information content (AvgIpc) is 1.62. The summed E-state index contributed by atoms with van der Waals surface area (Å²) in [6.45, 7) is 23.5. The van der Waals surface area contributed by atoms with Crippen LogP contribution in [0.4, 0.5) is 17.6 Å². The standard InChI is InChI=1S/C28H26FNO3S.C28H27NO4S.C27H23F2NO3S.C27H24FNO4S/c1-3-12-30-15-22(16-30)33-21-8-4-18(5-9-21)27(32)26-23-10-7-20(31)14-25(23)34-28(26)19-6-11-24(29)17(2)13-19;1-3-12-29-15-22(16-29)33-21-8-4-18(5-9-21)27(32)26-23-10-7-20(30)14-25(23)34-28(26)19-6-11-24(31)17(2)13-19;1-2-9-30-14-22(15-30)33-21-6-3-16(4-7-21)26(32)25-23-8-5-20(31)13-24(23)34-27(25)17-10-18(28)12-19(29)11-17;1-2-11-29-14-20(15-29)33-23-10-5-17(12-22(23)28)26(32)25-21-9-8-19(31)13-24(21)34-27(25)16-3-6-18(30)7-4-16/h4-11,13-14,22,31H,3,12,15-16H2,1-2H3;4-11,13-14,22,30-31H,3,12,15-16H2,1-2H3;3-8,10-13,22,31H,2,9,14-15H2,1H3;3-10,12-13,20,30-31H,2,11,14-15H2,1H3.